The second-order valence-electron chi connectivity index (χ2n) is 6.11. The first kappa shape index (κ1) is 14.0. The molecule has 2 aliphatic heterocycles. The Balaban J connectivity index is 1.61. The van der Waals surface area contributed by atoms with Crippen molar-refractivity contribution < 1.29 is 14.0 Å². The third kappa shape index (κ3) is 2.23. The van der Waals surface area contributed by atoms with Gasteiger partial charge < -0.3 is 14.2 Å². The minimum Gasteiger partial charge on any atom is -0.472 e. The van der Waals surface area contributed by atoms with E-state index in [9.17, 15) is 9.59 Å². The number of amides is 2. The molecule has 2 amide bonds. The number of aryl methyl sites for hydroxylation is 1. The summed E-state index contributed by atoms with van der Waals surface area (Å²) >= 11 is 0. The fourth-order valence-electron chi connectivity index (χ4n) is 3.74. The summed E-state index contributed by atoms with van der Waals surface area (Å²) in [6.45, 7) is 0.656. The fraction of sp³-hybridized carbons (Fsp3) is 0.438. The molecule has 0 radical (unpaired) electrons. The number of piperidine rings is 1. The highest BCUT2D eigenvalue weighted by atomic mass is 16.3. The first-order chi connectivity index (χ1) is 11.1. The van der Waals surface area contributed by atoms with Crippen molar-refractivity contribution in [1.82, 2.24) is 14.7 Å². The zero-order chi connectivity index (χ0) is 16.0. The van der Waals surface area contributed by atoms with Crippen molar-refractivity contribution in [3.05, 3.63) is 36.5 Å². The van der Waals surface area contributed by atoms with Crippen LogP contribution in [0, 0.1) is 0 Å². The van der Waals surface area contributed by atoms with Gasteiger partial charge in [0.1, 0.15) is 6.26 Å². The zero-order valence-electron chi connectivity index (χ0n) is 12.9. The van der Waals surface area contributed by atoms with E-state index in [1.807, 2.05) is 23.0 Å². The van der Waals surface area contributed by atoms with Gasteiger partial charge in [0, 0.05) is 26.2 Å². The second kappa shape index (κ2) is 5.26. The molecular formula is C16H18N4O3. The number of aromatic nitrogens is 2. The number of hydrogen-bond donors (Lipinski definition) is 0. The molecule has 2 fully saturated rings. The fourth-order valence-corrected chi connectivity index (χ4v) is 3.74. The van der Waals surface area contributed by atoms with Crippen LogP contribution in [-0.2, 0) is 11.8 Å². The minimum absolute atomic E-state index is 0.0215. The largest absolute Gasteiger partial charge is 0.472 e. The lowest BCUT2D eigenvalue weighted by atomic mass is 9.95. The van der Waals surface area contributed by atoms with Crippen molar-refractivity contribution in [1.29, 1.82) is 0 Å². The lowest BCUT2D eigenvalue weighted by Gasteiger charge is -2.38. The zero-order valence-corrected chi connectivity index (χ0v) is 12.9. The van der Waals surface area contributed by atoms with Gasteiger partial charge in [-0.3, -0.25) is 14.3 Å². The summed E-state index contributed by atoms with van der Waals surface area (Å²) < 4.78 is 6.71. The van der Waals surface area contributed by atoms with Crippen molar-refractivity contribution in [3.63, 3.8) is 0 Å². The Morgan fingerprint density at radius 3 is 2.91 bits per heavy atom. The normalized spacial score (nSPS) is 24.1. The summed E-state index contributed by atoms with van der Waals surface area (Å²) in [6, 6.07) is 1.76. The molecule has 0 aromatic carbocycles. The van der Waals surface area contributed by atoms with E-state index in [4.69, 9.17) is 4.42 Å². The molecule has 0 bridgehead atoms. The van der Waals surface area contributed by atoms with Gasteiger partial charge in [0.2, 0.25) is 5.91 Å². The summed E-state index contributed by atoms with van der Waals surface area (Å²) in [4.78, 5) is 28.8. The minimum atomic E-state index is -0.0215. The number of anilines is 1. The van der Waals surface area contributed by atoms with Crippen LogP contribution in [0.2, 0.25) is 0 Å². The van der Waals surface area contributed by atoms with Crippen LogP contribution in [-0.4, -0.2) is 45.1 Å². The molecule has 4 rings (SSSR count). The van der Waals surface area contributed by atoms with E-state index in [1.54, 1.807) is 16.9 Å². The smallest absolute Gasteiger partial charge is 0.257 e. The first-order valence-corrected chi connectivity index (χ1v) is 7.79. The first-order valence-electron chi connectivity index (χ1n) is 7.79. The SMILES string of the molecule is Cn1cc(N2C(=O)CC[C@H]3[C@@H]2CCN3C(=O)c2ccoc2)cn1. The van der Waals surface area contributed by atoms with Crippen LogP contribution in [0.4, 0.5) is 5.69 Å². The van der Waals surface area contributed by atoms with E-state index in [1.165, 1.54) is 12.5 Å². The van der Waals surface area contributed by atoms with Gasteiger partial charge >= 0.3 is 0 Å². The average Bonchev–Trinajstić information content (AvgIpc) is 3.26. The Hall–Kier alpha value is -2.57. The summed E-state index contributed by atoms with van der Waals surface area (Å²) in [7, 11) is 1.83. The number of furan rings is 1. The molecule has 0 aliphatic carbocycles. The van der Waals surface area contributed by atoms with Crippen molar-refractivity contribution >= 4 is 17.5 Å². The maximum atomic E-state index is 12.6. The van der Waals surface area contributed by atoms with Crippen LogP contribution in [0.25, 0.3) is 0 Å². The molecule has 0 spiro atoms. The van der Waals surface area contributed by atoms with E-state index in [0.717, 1.165) is 12.1 Å². The van der Waals surface area contributed by atoms with Crippen LogP contribution < -0.4 is 4.90 Å². The van der Waals surface area contributed by atoms with Gasteiger partial charge in [-0.05, 0) is 18.9 Å². The third-order valence-corrected chi connectivity index (χ3v) is 4.76. The molecule has 2 aromatic heterocycles. The highest BCUT2D eigenvalue weighted by Gasteiger charge is 2.45. The molecule has 7 heteroatoms. The summed E-state index contributed by atoms with van der Waals surface area (Å²) in [5.41, 5.74) is 1.38. The standard InChI is InChI=1S/C16H18N4O3/c1-18-9-12(8-17-18)20-14-4-6-19(13(14)2-3-15(20)21)16(22)11-5-7-23-10-11/h5,7-10,13-14H,2-4,6H2,1H3/t13-,14-/m0/s1. The molecule has 2 saturated heterocycles. The monoisotopic (exact) mass is 314 g/mol. The summed E-state index contributed by atoms with van der Waals surface area (Å²) in [6.07, 6.45) is 8.49. The maximum absolute atomic E-state index is 12.6. The Bertz CT molecular complexity index is 736. The maximum Gasteiger partial charge on any atom is 0.257 e. The number of nitrogens with zero attached hydrogens (tertiary/aromatic N) is 4. The van der Waals surface area contributed by atoms with Crippen LogP contribution in [0.5, 0.6) is 0 Å². The van der Waals surface area contributed by atoms with Crippen LogP contribution >= 0.6 is 0 Å². The molecule has 7 nitrogen and oxygen atoms in total. The predicted molar refractivity (Wildman–Crippen MR) is 81.9 cm³/mol. The molecular weight excluding hydrogens is 296 g/mol. The number of hydrogen-bond acceptors (Lipinski definition) is 4. The molecule has 0 saturated carbocycles. The molecule has 2 aromatic rings. The molecule has 0 N–H and O–H groups in total. The van der Waals surface area contributed by atoms with E-state index >= 15 is 0 Å². The lowest BCUT2D eigenvalue weighted by molar-refractivity contribution is -0.120. The van der Waals surface area contributed by atoms with E-state index in [-0.39, 0.29) is 23.9 Å². The Kier molecular flexibility index (Phi) is 3.21. The van der Waals surface area contributed by atoms with E-state index in [0.29, 0.717) is 24.9 Å². The van der Waals surface area contributed by atoms with E-state index in [2.05, 4.69) is 5.10 Å². The van der Waals surface area contributed by atoms with Crippen molar-refractivity contribution in [2.24, 2.45) is 7.05 Å². The van der Waals surface area contributed by atoms with Gasteiger partial charge in [-0.2, -0.15) is 5.10 Å². The average molecular weight is 314 g/mol. The van der Waals surface area contributed by atoms with E-state index < -0.39 is 0 Å². The van der Waals surface area contributed by atoms with Gasteiger partial charge in [0.15, 0.2) is 0 Å². The molecule has 2 aliphatic rings. The second-order valence-corrected chi connectivity index (χ2v) is 6.11. The molecule has 120 valence electrons. The third-order valence-electron chi connectivity index (χ3n) is 4.76. The molecule has 2 atom stereocenters. The Morgan fingerprint density at radius 1 is 1.35 bits per heavy atom. The number of carbonyl (C=O) groups is 2. The topological polar surface area (TPSA) is 71.6 Å². The number of fused-ring (bicyclic) bond motifs is 1. The Morgan fingerprint density at radius 2 is 2.22 bits per heavy atom. The Labute approximate surface area is 133 Å². The van der Waals surface area contributed by atoms with Gasteiger partial charge in [-0.15, -0.1) is 0 Å². The van der Waals surface area contributed by atoms with Crippen LogP contribution in [0.3, 0.4) is 0 Å². The van der Waals surface area contributed by atoms with Gasteiger partial charge in [-0.1, -0.05) is 0 Å². The lowest BCUT2D eigenvalue weighted by Crippen LogP contribution is -2.53. The van der Waals surface area contributed by atoms with Gasteiger partial charge in [-0.25, -0.2) is 0 Å². The van der Waals surface area contributed by atoms with Crippen LogP contribution in [0.1, 0.15) is 29.6 Å². The van der Waals surface area contributed by atoms with Gasteiger partial charge in [0.05, 0.1) is 35.8 Å². The molecule has 4 heterocycles. The van der Waals surface area contributed by atoms with Crippen molar-refractivity contribution in [2.75, 3.05) is 11.4 Å². The van der Waals surface area contributed by atoms with Crippen LogP contribution in [0.15, 0.2) is 35.4 Å². The quantitative estimate of drug-likeness (QED) is 0.840. The summed E-state index contributed by atoms with van der Waals surface area (Å²) in [5.74, 6) is 0.0867. The van der Waals surface area contributed by atoms with Crippen molar-refractivity contribution in [3.8, 4) is 0 Å². The number of likely N-dealkylation sites (tertiary alicyclic amines) is 1. The van der Waals surface area contributed by atoms with Crippen molar-refractivity contribution in [2.45, 2.75) is 31.3 Å². The number of rotatable bonds is 2. The molecule has 23 heavy (non-hydrogen) atoms. The summed E-state index contributed by atoms with van der Waals surface area (Å²) in [5, 5.41) is 4.17. The number of carbonyl (C=O) groups excluding carboxylic acids is 2. The highest BCUT2D eigenvalue weighted by molar-refractivity contribution is 5.97. The highest BCUT2D eigenvalue weighted by Crippen LogP contribution is 2.35. The predicted octanol–water partition coefficient (Wildman–Crippen LogP) is 1.42. The van der Waals surface area contributed by atoms with Gasteiger partial charge in [0.25, 0.3) is 5.91 Å². The molecule has 0 unspecified atom stereocenters.